The molecule has 1 atom stereocenters. The highest BCUT2D eigenvalue weighted by Crippen LogP contribution is 2.32. The van der Waals surface area contributed by atoms with Crippen LogP contribution in [0, 0.1) is 10.1 Å². The van der Waals surface area contributed by atoms with E-state index >= 15 is 0 Å². The lowest BCUT2D eigenvalue weighted by Crippen LogP contribution is -2.33. The topological polar surface area (TPSA) is 117 Å². The number of aromatic nitrogens is 2. The van der Waals surface area contributed by atoms with Crippen molar-refractivity contribution in [3.8, 4) is 17.2 Å². The van der Waals surface area contributed by atoms with Gasteiger partial charge in [0.15, 0.2) is 11.6 Å². The van der Waals surface area contributed by atoms with Gasteiger partial charge in [-0.25, -0.2) is 0 Å². The van der Waals surface area contributed by atoms with Gasteiger partial charge in [-0.05, 0) is 25.5 Å². The highest BCUT2D eigenvalue weighted by atomic mass is 16.6. The van der Waals surface area contributed by atoms with Crippen molar-refractivity contribution in [2.45, 2.75) is 25.8 Å². The van der Waals surface area contributed by atoms with Crippen LogP contribution in [0.25, 0.3) is 11.5 Å². The molecule has 0 aliphatic carbocycles. The van der Waals surface area contributed by atoms with Crippen LogP contribution >= 0.6 is 0 Å². The molecule has 0 fully saturated rings. The molecule has 0 saturated heterocycles. The third-order valence-corrected chi connectivity index (χ3v) is 3.29. The minimum absolute atomic E-state index is 0.166. The molecule has 8 heteroatoms. The van der Waals surface area contributed by atoms with E-state index in [0.29, 0.717) is 17.8 Å². The standard InChI is InChI=1S/C13H16N4O4/c1-4-13(2,14)12-15-11(21-16-12)8-5-6-10(20-3)9(7-8)17(18)19/h5-7H,4,14H2,1-3H3. The molecule has 0 bridgehead atoms. The number of nitrogens with zero attached hydrogens (tertiary/aromatic N) is 3. The normalized spacial score (nSPS) is 13.7. The smallest absolute Gasteiger partial charge is 0.311 e. The summed E-state index contributed by atoms with van der Waals surface area (Å²) >= 11 is 0. The maximum atomic E-state index is 11.0. The van der Waals surface area contributed by atoms with Gasteiger partial charge in [0.1, 0.15) is 0 Å². The molecule has 0 aliphatic heterocycles. The van der Waals surface area contributed by atoms with Crippen LogP contribution in [0.2, 0.25) is 0 Å². The van der Waals surface area contributed by atoms with E-state index in [1.807, 2.05) is 6.92 Å². The second kappa shape index (κ2) is 5.49. The number of rotatable bonds is 5. The molecule has 1 unspecified atom stereocenters. The minimum Gasteiger partial charge on any atom is -0.490 e. The van der Waals surface area contributed by atoms with Crippen molar-refractivity contribution in [2.24, 2.45) is 5.73 Å². The van der Waals surface area contributed by atoms with Crippen molar-refractivity contribution in [2.75, 3.05) is 7.11 Å². The highest BCUT2D eigenvalue weighted by molar-refractivity contribution is 5.62. The molecule has 1 heterocycles. The summed E-state index contributed by atoms with van der Waals surface area (Å²) in [5.41, 5.74) is 5.60. The predicted octanol–water partition coefficient (Wildman–Crippen LogP) is 2.24. The maximum absolute atomic E-state index is 11.0. The SMILES string of the molecule is CCC(C)(N)c1noc(-c2ccc(OC)c([N+](=O)[O-])c2)n1. The van der Waals surface area contributed by atoms with Gasteiger partial charge in [-0.1, -0.05) is 12.1 Å². The molecule has 0 radical (unpaired) electrons. The van der Waals surface area contributed by atoms with Gasteiger partial charge in [0.25, 0.3) is 5.89 Å². The molecule has 0 saturated carbocycles. The van der Waals surface area contributed by atoms with E-state index in [0.717, 1.165) is 0 Å². The number of benzene rings is 1. The molecule has 1 aromatic heterocycles. The second-order valence-corrected chi connectivity index (χ2v) is 4.84. The average Bonchev–Trinajstić information content (AvgIpc) is 2.97. The van der Waals surface area contributed by atoms with Gasteiger partial charge in [-0.2, -0.15) is 4.98 Å². The Morgan fingerprint density at radius 1 is 1.52 bits per heavy atom. The molecule has 2 aromatic rings. The van der Waals surface area contributed by atoms with Crippen LogP contribution < -0.4 is 10.5 Å². The molecular formula is C13H16N4O4. The lowest BCUT2D eigenvalue weighted by atomic mass is 10.00. The van der Waals surface area contributed by atoms with Crippen LogP contribution in [0.5, 0.6) is 5.75 Å². The van der Waals surface area contributed by atoms with E-state index in [1.165, 1.54) is 19.2 Å². The molecule has 2 N–H and O–H groups in total. The van der Waals surface area contributed by atoms with Gasteiger partial charge in [-0.15, -0.1) is 0 Å². The van der Waals surface area contributed by atoms with Gasteiger partial charge in [0.2, 0.25) is 0 Å². The molecule has 0 amide bonds. The van der Waals surface area contributed by atoms with E-state index in [1.54, 1.807) is 13.0 Å². The first-order valence-electron chi connectivity index (χ1n) is 6.35. The van der Waals surface area contributed by atoms with Crippen molar-refractivity contribution >= 4 is 5.69 Å². The Morgan fingerprint density at radius 3 is 2.81 bits per heavy atom. The first-order valence-corrected chi connectivity index (χ1v) is 6.35. The van der Waals surface area contributed by atoms with E-state index < -0.39 is 10.5 Å². The number of ether oxygens (including phenoxy) is 1. The van der Waals surface area contributed by atoms with Gasteiger partial charge >= 0.3 is 5.69 Å². The van der Waals surface area contributed by atoms with Gasteiger partial charge in [0.05, 0.1) is 17.6 Å². The lowest BCUT2D eigenvalue weighted by molar-refractivity contribution is -0.385. The zero-order valence-corrected chi connectivity index (χ0v) is 12.0. The largest absolute Gasteiger partial charge is 0.490 e. The monoisotopic (exact) mass is 292 g/mol. The number of methoxy groups -OCH3 is 1. The van der Waals surface area contributed by atoms with E-state index in [4.69, 9.17) is 15.0 Å². The fourth-order valence-corrected chi connectivity index (χ4v) is 1.70. The second-order valence-electron chi connectivity index (χ2n) is 4.84. The number of nitrogens with two attached hydrogens (primary N) is 1. The fourth-order valence-electron chi connectivity index (χ4n) is 1.70. The van der Waals surface area contributed by atoms with Crippen molar-refractivity contribution in [1.82, 2.24) is 10.1 Å². The molecule has 1 aromatic carbocycles. The van der Waals surface area contributed by atoms with Crippen molar-refractivity contribution in [3.63, 3.8) is 0 Å². The van der Waals surface area contributed by atoms with Crippen LogP contribution in [0.4, 0.5) is 5.69 Å². The van der Waals surface area contributed by atoms with Crippen LogP contribution in [0.1, 0.15) is 26.1 Å². The Kier molecular flexibility index (Phi) is 3.90. The fraction of sp³-hybridized carbons (Fsp3) is 0.385. The highest BCUT2D eigenvalue weighted by Gasteiger charge is 2.26. The Labute approximate surface area is 121 Å². The zero-order chi connectivity index (χ0) is 15.6. The molecule has 2 rings (SSSR count). The number of nitro benzene ring substituents is 1. The molecular weight excluding hydrogens is 276 g/mol. The average molecular weight is 292 g/mol. The summed E-state index contributed by atoms with van der Waals surface area (Å²) in [6.45, 7) is 3.70. The summed E-state index contributed by atoms with van der Waals surface area (Å²) in [6.07, 6.45) is 0.634. The molecule has 0 aliphatic rings. The first-order chi connectivity index (χ1) is 9.89. The maximum Gasteiger partial charge on any atom is 0.311 e. The summed E-state index contributed by atoms with van der Waals surface area (Å²) in [6, 6.07) is 4.43. The van der Waals surface area contributed by atoms with Crippen LogP contribution in [-0.2, 0) is 5.54 Å². The van der Waals surface area contributed by atoms with Crippen molar-refractivity contribution in [3.05, 3.63) is 34.1 Å². The van der Waals surface area contributed by atoms with Crippen LogP contribution in [0.3, 0.4) is 0 Å². The summed E-state index contributed by atoms with van der Waals surface area (Å²) in [7, 11) is 1.37. The quantitative estimate of drug-likeness (QED) is 0.663. The van der Waals surface area contributed by atoms with E-state index in [9.17, 15) is 10.1 Å². The Bertz CT molecular complexity index is 666. The van der Waals surface area contributed by atoms with Crippen LogP contribution in [-0.4, -0.2) is 22.2 Å². The molecule has 8 nitrogen and oxygen atoms in total. The Morgan fingerprint density at radius 2 is 2.24 bits per heavy atom. The van der Waals surface area contributed by atoms with Gasteiger partial charge in [-0.3, -0.25) is 10.1 Å². The Hall–Kier alpha value is -2.48. The molecule has 0 spiro atoms. The molecule has 21 heavy (non-hydrogen) atoms. The van der Waals surface area contributed by atoms with Crippen LogP contribution in [0.15, 0.2) is 22.7 Å². The first kappa shape index (κ1) is 14.9. The Balaban J connectivity index is 2.44. The molecule has 112 valence electrons. The number of hydrogen-bond donors (Lipinski definition) is 1. The zero-order valence-electron chi connectivity index (χ0n) is 12.0. The summed E-state index contributed by atoms with van der Waals surface area (Å²) in [5, 5.41) is 14.9. The van der Waals surface area contributed by atoms with Crippen molar-refractivity contribution in [1.29, 1.82) is 0 Å². The minimum atomic E-state index is -0.708. The number of nitro groups is 1. The summed E-state index contributed by atoms with van der Waals surface area (Å²) < 4.78 is 10.1. The van der Waals surface area contributed by atoms with Crippen molar-refractivity contribution < 1.29 is 14.2 Å². The third kappa shape index (κ3) is 2.84. The number of hydrogen-bond acceptors (Lipinski definition) is 7. The third-order valence-electron chi connectivity index (χ3n) is 3.29. The van der Waals surface area contributed by atoms with Gasteiger partial charge < -0.3 is 15.0 Å². The summed E-state index contributed by atoms with van der Waals surface area (Å²) in [4.78, 5) is 14.7. The summed E-state index contributed by atoms with van der Waals surface area (Å²) in [5.74, 6) is 0.708. The predicted molar refractivity (Wildman–Crippen MR) is 74.8 cm³/mol. The van der Waals surface area contributed by atoms with E-state index in [2.05, 4.69) is 10.1 Å². The lowest BCUT2D eigenvalue weighted by Gasteiger charge is -2.16. The van der Waals surface area contributed by atoms with Gasteiger partial charge in [0, 0.05) is 11.6 Å². The van der Waals surface area contributed by atoms with E-state index in [-0.39, 0.29) is 17.3 Å².